The van der Waals surface area contributed by atoms with Crippen molar-refractivity contribution in [3.63, 3.8) is 0 Å². The Bertz CT molecular complexity index is 861. The molecule has 9 atom stereocenters. The lowest BCUT2D eigenvalue weighted by molar-refractivity contribution is -0.347. The monoisotopic (exact) mass is 424 g/mol. The molecule has 3 heterocycles. The Balaban J connectivity index is 2.18. The Morgan fingerprint density at radius 3 is 2.24 bits per heavy atom. The van der Waals surface area contributed by atoms with Crippen molar-refractivity contribution < 1.29 is 49.6 Å². The first-order valence-corrected chi connectivity index (χ1v) is 8.54. The van der Waals surface area contributed by atoms with Crippen LogP contribution in [0.4, 0.5) is 4.39 Å². The molecule has 0 spiro atoms. The smallest absolute Gasteiger partial charge is 0.332 e. The Morgan fingerprint density at radius 1 is 1.07 bits per heavy atom. The Hall–Kier alpha value is -1.75. The molecule has 2 aliphatic heterocycles. The van der Waals surface area contributed by atoms with E-state index in [2.05, 4.69) is 0 Å². The summed E-state index contributed by atoms with van der Waals surface area (Å²) < 4.78 is 26.2. The number of hydrogen-bond acceptors (Lipinski definition) is 11. The van der Waals surface area contributed by atoms with Crippen molar-refractivity contribution in [1.82, 2.24) is 9.55 Å². The lowest BCUT2D eigenvalue weighted by Crippen LogP contribution is -2.73. The third-order valence-electron chi connectivity index (χ3n) is 5.24. The average molecular weight is 424 g/mol. The van der Waals surface area contributed by atoms with E-state index in [9.17, 15) is 45.3 Å². The van der Waals surface area contributed by atoms with Crippen LogP contribution in [-0.4, -0.2) is 107 Å². The van der Waals surface area contributed by atoms with Crippen LogP contribution in [0.25, 0.3) is 0 Å². The number of nitrogens with zero attached hydrogens (tertiary/aromatic N) is 1. The molecule has 8 N–H and O–H groups in total. The van der Waals surface area contributed by atoms with E-state index in [4.69, 9.17) is 9.47 Å². The first kappa shape index (κ1) is 21.9. The molecule has 0 aliphatic carbocycles. The first-order chi connectivity index (χ1) is 13.5. The van der Waals surface area contributed by atoms with E-state index in [-0.39, 0.29) is 4.57 Å². The van der Waals surface area contributed by atoms with Gasteiger partial charge in [-0.05, 0) is 0 Å². The molecule has 0 aromatic carbocycles. The van der Waals surface area contributed by atoms with Crippen molar-refractivity contribution in [2.75, 3.05) is 13.2 Å². The number of alkyl halides is 1. The van der Waals surface area contributed by atoms with E-state index in [1.807, 2.05) is 0 Å². The van der Waals surface area contributed by atoms with E-state index in [0.29, 0.717) is 12.3 Å². The van der Waals surface area contributed by atoms with E-state index in [1.54, 1.807) is 4.98 Å². The molecule has 0 amide bonds. The zero-order chi connectivity index (χ0) is 21.7. The Morgan fingerprint density at radius 2 is 1.69 bits per heavy atom. The van der Waals surface area contributed by atoms with Crippen LogP contribution < -0.4 is 11.2 Å². The molecule has 1 unspecified atom stereocenters. The second-order valence-electron chi connectivity index (χ2n) is 6.90. The van der Waals surface area contributed by atoms with Gasteiger partial charge < -0.3 is 45.2 Å². The molecule has 3 rings (SSSR count). The third-order valence-corrected chi connectivity index (χ3v) is 5.24. The van der Waals surface area contributed by atoms with Crippen molar-refractivity contribution in [2.45, 2.75) is 54.3 Å². The fourth-order valence-electron chi connectivity index (χ4n) is 3.66. The summed E-state index contributed by atoms with van der Waals surface area (Å²) in [6.45, 7) is -1.96. The maximum Gasteiger partial charge on any atom is 0.332 e. The minimum absolute atomic E-state index is 0.0642. The SMILES string of the molecule is O=c1ccn([C@]2(F)O[C@H](CO)[C@@H](O)[C@]2(O)C2O[C@H](CO)[C@H](O)[C@H](O)[C@H]2O)c(=O)[nH]1. The number of nitrogens with one attached hydrogen (secondary N) is 1. The average Bonchev–Trinajstić information content (AvgIpc) is 2.88. The number of halogens is 1. The molecule has 14 heteroatoms. The predicted octanol–water partition coefficient (Wildman–Crippen LogP) is -5.56. The molecule has 1 aromatic rings. The molecule has 13 nitrogen and oxygen atoms in total. The van der Waals surface area contributed by atoms with Crippen LogP contribution in [0.3, 0.4) is 0 Å². The summed E-state index contributed by atoms with van der Waals surface area (Å²) in [7, 11) is 0. The summed E-state index contributed by atoms with van der Waals surface area (Å²) in [5.41, 5.74) is -5.67. The molecule has 0 radical (unpaired) electrons. The predicted molar refractivity (Wildman–Crippen MR) is 87.1 cm³/mol. The van der Waals surface area contributed by atoms with Crippen molar-refractivity contribution in [2.24, 2.45) is 0 Å². The van der Waals surface area contributed by atoms with E-state index in [0.717, 1.165) is 0 Å². The van der Waals surface area contributed by atoms with Crippen molar-refractivity contribution >= 4 is 0 Å². The highest BCUT2D eigenvalue weighted by atomic mass is 19.2. The summed E-state index contributed by atoms with van der Waals surface area (Å²) in [6.07, 6.45) is -13.5. The maximum atomic E-state index is 16.1. The standard InChI is InChI=1S/C15H21FN2O11/c16-15(18-2-1-7(21)17-13(18)26)14(27,11(25)6(4-20)29-15)12-10(24)9(23)8(22)5(3-19)28-12/h1-2,5-6,8-12,19-20,22-25,27H,3-4H2,(H,17,21,26)/t5-,6-,8+,9+,10-,11-,12?,14+,15+/m1/s1. The summed E-state index contributed by atoms with van der Waals surface area (Å²) in [5.74, 6) is -3.71. The summed E-state index contributed by atoms with van der Waals surface area (Å²) in [5, 5.41) is 70.5. The maximum absolute atomic E-state index is 16.1. The zero-order valence-corrected chi connectivity index (χ0v) is 14.7. The van der Waals surface area contributed by atoms with Crippen LogP contribution in [-0.2, 0) is 15.5 Å². The largest absolute Gasteiger partial charge is 0.394 e. The van der Waals surface area contributed by atoms with E-state index < -0.39 is 78.8 Å². The molecule has 29 heavy (non-hydrogen) atoms. The fourth-order valence-corrected chi connectivity index (χ4v) is 3.66. The number of aliphatic hydroxyl groups is 7. The van der Waals surface area contributed by atoms with Crippen LogP contribution in [0.5, 0.6) is 0 Å². The van der Waals surface area contributed by atoms with Crippen molar-refractivity contribution in [1.29, 1.82) is 0 Å². The highest BCUT2D eigenvalue weighted by Crippen LogP contribution is 2.49. The minimum Gasteiger partial charge on any atom is -0.394 e. The molecular weight excluding hydrogens is 403 g/mol. The normalized spacial score (nSPS) is 45.4. The van der Waals surface area contributed by atoms with Gasteiger partial charge in [-0.25, -0.2) is 9.36 Å². The van der Waals surface area contributed by atoms with Crippen LogP contribution in [0.15, 0.2) is 21.9 Å². The quantitative estimate of drug-likeness (QED) is 0.228. The topological polar surface area (TPSA) is 215 Å². The van der Waals surface area contributed by atoms with Gasteiger partial charge in [0.05, 0.1) is 13.2 Å². The van der Waals surface area contributed by atoms with Gasteiger partial charge in [-0.2, -0.15) is 4.39 Å². The molecule has 2 saturated heterocycles. The van der Waals surface area contributed by atoms with E-state index >= 15 is 4.39 Å². The molecule has 2 aliphatic rings. The van der Waals surface area contributed by atoms with Crippen molar-refractivity contribution in [3.8, 4) is 0 Å². The van der Waals surface area contributed by atoms with Gasteiger partial charge in [0.25, 0.3) is 5.56 Å². The Kier molecular flexibility index (Phi) is 5.67. The van der Waals surface area contributed by atoms with Gasteiger partial charge in [-0.15, -0.1) is 0 Å². The van der Waals surface area contributed by atoms with Crippen molar-refractivity contribution in [3.05, 3.63) is 33.1 Å². The van der Waals surface area contributed by atoms with Gasteiger partial charge in [-0.1, -0.05) is 0 Å². The summed E-state index contributed by atoms with van der Waals surface area (Å²) >= 11 is 0. The van der Waals surface area contributed by atoms with Crippen LogP contribution in [0.1, 0.15) is 0 Å². The van der Waals surface area contributed by atoms with Gasteiger partial charge in [0.1, 0.15) is 42.7 Å². The number of aliphatic hydroxyl groups excluding tert-OH is 6. The lowest BCUT2D eigenvalue weighted by Gasteiger charge is -2.48. The fraction of sp³-hybridized carbons (Fsp3) is 0.733. The molecule has 0 saturated carbocycles. The van der Waals surface area contributed by atoms with Gasteiger partial charge >= 0.3 is 11.7 Å². The van der Waals surface area contributed by atoms with Crippen LogP contribution >= 0.6 is 0 Å². The van der Waals surface area contributed by atoms with Gasteiger partial charge in [-0.3, -0.25) is 9.78 Å². The second kappa shape index (κ2) is 7.50. The number of rotatable bonds is 4. The van der Waals surface area contributed by atoms with Crippen LogP contribution in [0.2, 0.25) is 0 Å². The Labute approximate surface area is 160 Å². The number of H-pyrrole nitrogens is 1. The van der Waals surface area contributed by atoms with Gasteiger partial charge in [0, 0.05) is 12.3 Å². The second-order valence-corrected chi connectivity index (χ2v) is 6.90. The van der Waals surface area contributed by atoms with Crippen LogP contribution in [0, 0.1) is 0 Å². The highest BCUT2D eigenvalue weighted by Gasteiger charge is 2.74. The number of ether oxygens (including phenoxy) is 2. The third kappa shape index (κ3) is 3.04. The van der Waals surface area contributed by atoms with Gasteiger partial charge in [0.2, 0.25) is 5.60 Å². The van der Waals surface area contributed by atoms with E-state index in [1.165, 1.54) is 0 Å². The summed E-state index contributed by atoms with van der Waals surface area (Å²) in [4.78, 5) is 25.1. The molecule has 1 aromatic heterocycles. The zero-order valence-electron chi connectivity index (χ0n) is 14.7. The van der Waals surface area contributed by atoms with Gasteiger partial charge in [0.15, 0.2) is 0 Å². The molecule has 0 bridgehead atoms. The lowest BCUT2D eigenvalue weighted by atomic mass is 9.79. The number of aromatic amines is 1. The number of hydrogen-bond donors (Lipinski definition) is 8. The summed E-state index contributed by atoms with van der Waals surface area (Å²) in [6, 6.07) is 0.707. The minimum atomic E-state index is -3.71. The molecule has 2 fully saturated rings. The number of aromatic nitrogens is 2. The molecule has 164 valence electrons. The first-order valence-electron chi connectivity index (χ1n) is 8.54. The highest BCUT2D eigenvalue weighted by molar-refractivity contribution is 5.15. The molecular formula is C15H21FN2O11.